The molecule has 7 heteroatoms. The van der Waals surface area contributed by atoms with Gasteiger partial charge in [-0.3, -0.25) is 5.32 Å². The van der Waals surface area contributed by atoms with Crippen molar-refractivity contribution < 1.29 is 14.3 Å². The number of aliphatic hydroxyl groups is 1. The molecule has 0 fully saturated rings. The first-order valence-electron chi connectivity index (χ1n) is 7.41. The lowest BCUT2D eigenvalue weighted by Gasteiger charge is -2.18. The van der Waals surface area contributed by atoms with Crippen LogP contribution in [0, 0.1) is 18.7 Å². The van der Waals surface area contributed by atoms with Crippen molar-refractivity contribution in [2.45, 2.75) is 26.8 Å². The zero-order chi connectivity index (χ0) is 17.0. The highest BCUT2D eigenvalue weighted by Gasteiger charge is 2.15. The second-order valence-electron chi connectivity index (χ2n) is 5.61. The molecule has 0 unspecified atom stereocenters. The number of hydrogen-bond donors (Lipinski definition) is 3. The molecule has 0 saturated carbocycles. The van der Waals surface area contributed by atoms with Gasteiger partial charge in [-0.2, -0.15) is 0 Å². The summed E-state index contributed by atoms with van der Waals surface area (Å²) in [6, 6.07) is 7.19. The normalized spacial score (nSPS) is 13.4. The van der Waals surface area contributed by atoms with Crippen molar-refractivity contribution in [3.8, 4) is 5.69 Å². The largest absolute Gasteiger partial charge is 0.396 e. The monoisotopic (exact) mass is 320 g/mol. The number of carbonyl (C=O) groups is 1. The molecule has 0 aliphatic carbocycles. The number of urea groups is 1. The molecule has 0 spiro atoms. The van der Waals surface area contributed by atoms with Gasteiger partial charge in [0.2, 0.25) is 0 Å². The summed E-state index contributed by atoms with van der Waals surface area (Å²) in [4.78, 5) is 11.9. The van der Waals surface area contributed by atoms with Crippen LogP contribution in [0.25, 0.3) is 5.69 Å². The lowest BCUT2D eigenvalue weighted by molar-refractivity contribution is 0.204. The minimum Gasteiger partial charge on any atom is -0.396 e. The highest BCUT2D eigenvalue weighted by molar-refractivity contribution is 5.88. The highest BCUT2D eigenvalue weighted by Crippen LogP contribution is 2.16. The van der Waals surface area contributed by atoms with Gasteiger partial charge in [-0.05, 0) is 38.0 Å². The number of anilines is 1. The summed E-state index contributed by atoms with van der Waals surface area (Å²) in [5.41, 5.74) is 1.35. The fourth-order valence-corrected chi connectivity index (χ4v) is 2.06. The lowest BCUT2D eigenvalue weighted by Crippen LogP contribution is -2.40. The maximum Gasteiger partial charge on any atom is 0.320 e. The molecule has 2 atom stereocenters. The maximum absolute atomic E-state index is 13.3. The van der Waals surface area contributed by atoms with Crippen molar-refractivity contribution in [1.29, 1.82) is 0 Å². The number of nitrogens with one attached hydrogen (secondary N) is 2. The van der Waals surface area contributed by atoms with Crippen LogP contribution in [-0.4, -0.2) is 33.6 Å². The lowest BCUT2D eigenvalue weighted by atomic mass is 10.1. The van der Waals surface area contributed by atoms with Crippen molar-refractivity contribution in [3.05, 3.63) is 41.8 Å². The smallest absolute Gasteiger partial charge is 0.320 e. The Hall–Kier alpha value is -2.41. The number of nitrogens with zero attached hydrogens (tertiary/aromatic N) is 2. The van der Waals surface area contributed by atoms with Gasteiger partial charge in [-0.25, -0.2) is 13.9 Å². The number of carbonyl (C=O) groups excluding carboxylic acids is 1. The van der Waals surface area contributed by atoms with Crippen LogP contribution in [0.15, 0.2) is 30.3 Å². The van der Waals surface area contributed by atoms with Gasteiger partial charge in [0.25, 0.3) is 0 Å². The van der Waals surface area contributed by atoms with Crippen molar-refractivity contribution >= 4 is 11.8 Å². The zero-order valence-electron chi connectivity index (χ0n) is 13.4. The van der Waals surface area contributed by atoms with E-state index in [0.29, 0.717) is 11.5 Å². The Kier molecular flexibility index (Phi) is 5.33. The average molecular weight is 320 g/mol. The summed E-state index contributed by atoms with van der Waals surface area (Å²) in [6.45, 7) is 5.47. The summed E-state index contributed by atoms with van der Waals surface area (Å²) >= 11 is 0. The minimum absolute atomic E-state index is 0.00521. The Morgan fingerprint density at radius 1 is 1.39 bits per heavy atom. The number of rotatable bonds is 5. The van der Waals surface area contributed by atoms with Crippen LogP contribution >= 0.6 is 0 Å². The van der Waals surface area contributed by atoms with Crippen LogP contribution in [0.4, 0.5) is 15.0 Å². The molecule has 3 N–H and O–H groups in total. The highest BCUT2D eigenvalue weighted by atomic mass is 19.1. The second-order valence-corrected chi connectivity index (χ2v) is 5.61. The van der Waals surface area contributed by atoms with Crippen molar-refractivity contribution in [1.82, 2.24) is 15.1 Å². The van der Waals surface area contributed by atoms with Crippen molar-refractivity contribution in [2.24, 2.45) is 5.92 Å². The van der Waals surface area contributed by atoms with Gasteiger partial charge in [0, 0.05) is 24.4 Å². The summed E-state index contributed by atoms with van der Waals surface area (Å²) < 4.78 is 14.9. The van der Waals surface area contributed by atoms with E-state index in [4.69, 9.17) is 5.11 Å². The number of aryl methyl sites for hydroxylation is 1. The number of benzene rings is 1. The minimum atomic E-state index is -0.401. The summed E-state index contributed by atoms with van der Waals surface area (Å²) in [5, 5.41) is 18.7. The van der Waals surface area contributed by atoms with Crippen LogP contribution in [-0.2, 0) is 0 Å². The topological polar surface area (TPSA) is 79.2 Å². The van der Waals surface area contributed by atoms with E-state index in [1.807, 2.05) is 20.8 Å². The first-order valence-corrected chi connectivity index (χ1v) is 7.41. The van der Waals surface area contributed by atoms with Gasteiger partial charge >= 0.3 is 6.03 Å². The van der Waals surface area contributed by atoms with Gasteiger partial charge in [-0.1, -0.05) is 13.0 Å². The molecule has 0 bridgehead atoms. The van der Waals surface area contributed by atoms with E-state index in [0.717, 1.165) is 5.69 Å². The molecular weight excluding hydrogens is 299 g/mol. The molecule has 23 heavy (non-hydrogen) atoms. The Bertz CT molecular complexity index is 686. The second kappa shape index (κ2) is 7.23. The van der Waals surface area contributed by atoms with Crippen LogP contribution in [0.2, 0.25) is 0 Å². The molecule has 0 aliphatic rings. The fourth-order valence-electron chi connectivity index (χ4n) is 2.06. The van der Waals surface area contributed by atoms with E-state index in [-0.39, 0.29) is 24.4 Å². The third-order valence-electron chi connectivity index (χ3n) is 3.68. The molecule has 2 aromatic rings. The molecule has 1 heterocycles. The van der Waals surface area contributed by atoms with Crippen molar-refractivity contribution in [3.63, 3.8) is 0 Å². The van der Waals surface area contributed by atoms with Gasteiger partial charge in [0.15, 0.2) is 5.82 Å². The first-order chi connectivity index (χ1) is 10.9. The molecule has 0 radical (unpaired) electrons. The fraction of sp³-hybridized carbons (Fsp3) is 0.375. The van der Waals surface area contributed by atoms with Gasteiger partial charge in [-0.15, -0.1) is 5.10 Å². The number of aromatic nitrogens is 2. The number of aliphatic hydroxyl groups excluding tert-OH is 1. The molecule has 2 rings (SSSR count). The Morgan fingerprint density at radius 3 is 2.78 bits per heavy atom. The maximum atomic E-state index is 13.3. The van der Waals surface area contributed by atoms with Crippen LogP contribution in [0.3, 0.4) is 0 Å². The third kappa shape index (κ3) is 4.29. The van der Waals surface area contributed by atoms with E-state index in [1.165, 1.54) is 12.1 Å². The van der Waals surface area contributed by atoms with Crippen molar-refractivity contribution in [2.75, 3.05) is 11.9 Å². The molecule has 0 aliphatic heterocycles. The Labute approximate surface area is 134 Å². The molecule has 1 aromatic carbocycles. The average Bonchev–Trinajstić information content (AvgIpc) is 2.86. The molecule has 1 aromatic heterocycles. The summed E-state index contributed by atoms with van der Waals surface area (Å²) in [6.07, 6.45) is 0. The quantitative estimate of drug-likeness (QED) is 0.792. The predicted molar refractivity (Wildman–Crippen MR) is 86.1 cm³/mol. The van der Waals surface area contributed by atoms with Gasteiger partial charge < -0.3 is 10.4 Å². The van der Waals surface area contributed by atoms with E-state index < -0.39 is 6.03 Å². The van der Waals surface area contributed by atoms with E-state index >= 15 is 0 Å². The zero-order valence-corrected chi connectivity index (χ0v) is 13.4. The van der Waals surface area contributed by atoms with E-state index in [9.17, 15) is 9.18 Å². The molecule has 0 saturated heterocycles. The molecule has 2 amide bonds. The van der Waals surface area contributed by atoms with E-state index in [1.54, 1.807) is 22.9 Å². The number of halogens is 1. The van der Waals surface area contributed by atoms with Crippen LogP contribution < -0.4 is 10.6 Å². The van der Waals surface area contributed by atoms with Crippen LogP contribution in [0.5, 0.6) is 0 Å². The first kappa shape index (κ1) is 17.0. The predicted octanol–water partition coefficient (Wildman–Crippen LogP) is 2.46. The van der Waals surface area contributed by atoms with Gasteiger partial charge in [0.1, 0.15) is 5.82 Å². The molecular formula is C16H21FN4O2. The van der Waals surface area contributed by atoms with Gasteiger partial charge in [0.05, 0.1) is 5.69 Å². The molecule has 6 nitrogen and oxygen atoms in total. The summed E-state index contributed by atoms with van der Waals surface area (Å²) in [7, 11) is 0. The Morgan fingerprint density at radius 2 is 2.13 bits per heavy atom. The third-order valence-corrected chi connectivity index (χ3v) is 3.68. The van der Waals surface area contributed by atoms with Crippen LogP contribution in [0.1, 0.15) is 19.5 Å². The standard InChI is InChI=1S/C16H21FN4O2/c1-10(9-22)12(3)18-16(23)19-15-7-11(2)21(20-15)14-6-4-5-13(17)8-14/h4-8,10,12,22H,9H2,1-3H3,(H2,18,19,20,23)/t10-,12+/m0/s1. The number of amides is 2. The Balaban J connectivity index is 2.08. The summed E-state index contributed by atoms with van der Waals surface area (Å²) in [5.74, 6) is -0.0306. The number of hydrogen-bond acceptors (Lipinski definition) is 3. The molecule has 124 valence electrons. The van der Waals surface area contributed by atoms with E-state index in [2.05, 4.69) is 15.7 Å². The SMILES string of the molecule is Cc1cc(NC(=O)N[C@H](C)[C@@H](C)CO)nn1-c1cccc(F)c1.